The molecule has 0 bridgehead atoms. The van der Waals surface area contributed by atoms with Crippen molar-refractivity contribution in [2.24, 2.45) is 5.73 Å². The maximum atomic E-state index is 11.6. The van der Waals surface area contributed by atoms with Crippen LogP contribution in [0.2, 0.25) is 0 Å². The van der Waals surface area contributed by atoms with Crippen molar-refractivity contribution in [1.29, 1.82) is 0 Å². The van der Waals surface area contributed by atoms with E-state index in [4.69, 9.17) is 5.73 Å². The summed E-state index contributed by atoms with van der Waals surface area (Å²) >= 11 is 0. The monoisotopic (exact) mass is 234 g/mol. The minimum atomic E-state index is 0.0766. The lowest BCUT2D eigenvalue weighted by Gasteiger charge is -2.24. The standard InChI is InChI=1S/C12H18N4O/c1-8-14-7-10(6-13)12(15-8)11-4-3-5-16(11)9(2)17/h7,11H,3-6,13H2,1-2H3. The van der Waals surface area contributed by atoms with Crippen LogP contribution in [0.3, 0.4) is 0 Å². The van der Waals surface area contributed by atoms with Crippen molar-refractivity contribution in [3.63, 3.8) is 0 Å². The Bertz CT molecular complexity index is 433. The Balaban J connectivity index is 2.38. The molecule has 1 amide bonds. The van der Waals surface area contributed by atoms with Gasteiger partial charge in [-0.05, 0) is 19.8 Å². The fraction of sp³-hybridized carbons (Fsp3) is 0.583. The predicted octanol–water partition coefficient (Wildman–Crippen LogP) is 0.927. The molecular weight excluding hydrogens is 216 g/mol. The van der Waals surface area contributed by atoms with Gasteiger partial charge in [0.2, 0.25) is 5.91 Å². The van der Waals surface area contributed by atoms with Gasteiger partial charge < -0.3 is 10.6 Å². The highest BCUT2D eigenvalue weighted by atomic mass is 16.2. The van der Waals surface area contributed by atoms with E-state index in [-0.39, 0.29) is 11.9 Å². The maximum Gasteiger partial charge on any atom is 0.220 e. The molecule has 5 heteroatoms. The molecule has 1 aromatic heterocycles. The van der Waals surface area contributed by atoms with Gasteiger partial charge in [0, 0.05) is 31.8 Å². The van der Waals surface area contributed by atoms with E-state index < -0.39 is 0 Å². The fourth-order valence-electron chi connectivity index (χ4n) is 2.39. The lowest BCUT2D eigenvalue weighted by Crippen LogP contribution is -2.29. The van der Waals surface area contributed by atoms with Crippen LogP contribution in [0, 0.1) is 6.92 Å². The largest absolute Gasteiger partial charge is 0.334 e. The second-order valence-electron chi connectivity index (χ2n) is 4.40. The molecule has 1 fully saturated rings. The van der Waals surface area contributed by atoms with Crippen molar-refractivity contribution in [1.82, 2.24) is 14.9 Å². The maximum absolute atomic E-state index is 11.6. The minimum absolute atomic E-state index is 0.0766. The number of carbonyl (C=O) groups excluding carboxylic acids is 1. The minimum Gasteiger partial charge on any atom is -0.334 e. The van der Waals surface area contributed by atoms with Crippen LogP contribution in [0.4, 0.5) is 0 Å². The van der Waals surface area contributed by atoms with Gasteiger partial charge in [0.05, 0.1) is 11.7 Å². The summed E-state index contributed by atoms with van der Waals surface area (Å²) < 4.78 is 0. The highest BCUT2D eigenvalue weighted by Gasteiger charge is 2.30. The van der Waals surface area contributed by atoms with Crippen molar-refractivity contribution in [2.75, 3.05) is 6.54 Å². The normalized spacial score (nSPS) is 19.7. The van der Waals surface area contributed by atoms with Crippen molar-refractivity contribution < 1.29 is 4.79 Å². The highest BCUT2D eigenvalue weighted by Crippen LogP contribution is 2.32. The van der Waals surface area contributed by atoms with E-state index in [2.05, 4.69) is 9.97 Å². The molecule has 2 rings (SSSR count). The Hall–Kier alpha value is -1.49. The van der Waals surface area contributed by atoms with Crippen LogP contribution < -0.4 is 5.73 Å². The number of hydrogen-bond acceptors (Lipinski definition) is 4. The summed E-state index contributed by atoms with van der Waals surface area (Å²) in [6.45, 7) is 4.69. The van der Waals surface area contributed by atoms with Crippen LogP contribution >= 0.6 is 0 Å². The Kier molecular flexibility index (Phi) is 3.38. The predicted molar refractivity (Wildman–Crippen MR) is 64.0 cm³/mol. The SMILES string of the molecule is CC(=O)N1CCCC1c1nc(C)ncc1CN. The number of likely N-dealkylation sites (tertiary alicyclic amines) is 1. The molecule has 5 nitrogen and oxygen atoms in total. The first-order valence-corrected chi connectivity index (χ1v) is 5.93. The summed E-state index contributed by atoms with van der Waals surface area (Å²) in [6, 6.07) is 0.0766. The molecule has 1 unspecified atom stereocenters. The number of nitrogens with two attached hydrogens (primary N) is 1. The van der Waals surface area contributed by atoms with E-state index in [1.54, 1.807) is 13.1 Å². The van der Waals surface area contributed by atoms with E-state index in [9.17, 15) is 4.79 Å². The number of hydrogen-bond donors (Lipinski definition) is 1. The zero-order chi connectivity index (χ0) is 12.4. The summed E-state index contributed by atoms with van der Waals surface area (Å²) in [4.78, 5) is 22.1. The molecule has 1 atom stereocenters. The molecule has 2 heterocycles. The molecule has 1 saturated heterocycles. The molecule has 0 radical (unpaired) electrons. The first kappa shape index (κ1) is 12.0. The van der Waals surface area contributed by atoms with Crippen LogP contribution in [-0.2, 0) is 11.3 Å². The van der Waals surface area contributed by atoms with Crippen molar-refractivity contribution >= 4 is 5.91 Å². The molecule has 1 aromatic rings. The fourth-order valence-corrected chi connectivity index (χ4v) is 2.39. The second kappa shape index (κ2) is 4.79. The number of nitrogens with zero attached hydrogens (tertiary/aromatic N) is 3. The van der Waals surface area contributed by atoms with E-state index in [0.29, 0.717) is 6.54 Å². The Labute approximate surface area is 101 Å². The number of aromatic nitrogens is 2. The lowest BCUT2D eigenvalue weighted by atomic mass is 10.1. The van der Waals surface area contributed by atoms with Crippen molar-refractivity contribution in [3.8, 4) is 0 Å². The first-order valence-electron chi connectivity index (χ1n) is 5.93. The number of rotatable bonds is 2. The second-order valence-corrected chi connectivity index (χ2v) is 4.40. The molecule has 0 saturated carbocycles. The molecule has 2 N–H and O–H groups in total. The number of carbonyl (C=O) groups is 1. The summed E-state index contributed by atoms with van der Waals surface area (Å²) in [5.74, 6) is 0.833. The number of amides is 1. The molecule has 1 aliphatic rings. The van der Waals surface area contributed by atoms with Crippen LogP contribution in [0.1, 0.15) is 42.9 Å². The van der Waals surface area contributed by atoms with Gasteiger partial charge in [-0.25, -0.2) is 9.97 Å². The highest BCUT2D eigenvalue weighted by molar-refractivity contribution is 5.74. The average molecular weight is 234 g/mol. The van der Waals surface area contributed by atoms with Gasteiger partial charge in [-0.2, -0.15) is 0 Å². The lowest BCUT2D eigenvalue weighted by molar-refractivity contribution is -0.129. The Morgan fingerprint density at radius 2 is 2.41 bits per heavy atom. The summed E-state index contributed by atoms with van der Waals surface area (Å²) in [7, 11) is 0. The van der Waals surface area contributed by atoms with Crippen LogP contribution in [-0.4, -0.2) is 27.3 Å². The summed E-state index contributed by atoms with van der Waals surface area (Å²) in [5, 5.41) is 0. The summed E-state index contributed by atoms with van der Waals surface area (Å²) in [6.07, 6.45) is 3.76. The van der Waals surface area contributed by atoms with Gasteiger partial charge in [-0.1, -0.05) is 0 Å². The van der Waals surface area contributed by atoms with Crippen molar-refractivity contribution in [3.05, 3.63) is 23.3 Å². The molecule has 0 spiro atoms. The van der Waals surface area contributed by atoms with Gasteiger partial charge >= 0.3 is 0 Å². The average Bonchev–Trinajstić information content (AvgIpc) is 2.77. The van der Waals surface area contributed by atoms with E-state index >= 15 is 0 Å². The smallest absolute Gasteiger partial charge is 0.220 e. The van der Waals surface area contributed by atoms with E-state index in [1.807, 2.05) is 11.8 Å². The molecule has 0 aliphatic carbocycles. The third-order valence-electron chi connectivity index (χ3n) is 3.21. The third kappa shape index (κ3) is 2.29. The Morgan fingerprint density at radius 3 is 3.06 bits per heavy atom. The topological polar surface area (TPSA) is 72.1 Å². The third-order valence-corrected chi connectivity index (χ3v) is 3.21. The van der Waals surface area contributed by atoms with Gasteiger partial charge in [-0.3, -0.25) is 4.79 Å². The van der Waals surface area contributed by atoms with Gasteiger partial charge in [0.15, 0.2) is 0 Å². The first-order chi connectivity index (χ1) is 8.13. The molecule has 1 aliphatic heterocycles. The molecular formula is C12H18N4O. The van der Waals surface area contributed by atoms with E-state index in [0.717, 1.165) is 36.5 Å². The van der Waals surface area contributed by atoms with Crippen LogP contribution in [0.15, 0.2) is 6.20 Å². The van der Waals surface area contributed by atoms with Gasteiger partial charge in [0.25, 0.3) is 0 Å². The van der Waals surface area contributed by atoms with E-state index in [1.165, 1.54) is 0 Å². The molecule has 0 aromatic carbocycles. The quantitative estimate of drug-likeness (QED) is 0.826. The molecule has 17 heavy (non-hydrogen) atoms. The Morgan fingerprint density at radius 1 is 1.65 bits per heavy atom. The van der Waals surface area contributed by atoms with Gasteiger partial charge in [-0.15, -0.1) is 0 Å². The zero-order valence-corrected chi connectivity index (χ0v) is 10.3. The van der Waals surface area contributed by atoms with Crippen LogP contribution in [0.5, 0.6) is 0 Å². The van der Waals surface area contributed by atoms with Crippen LogP contribution in [0.25, 0.3) is 0 Å². The number of aryl methyl sites for hydroxylation is 1. The summed E-state index contributed by atoms with van der Waals surface area (Å²) in [5.41, 5.74) is 7.57. The zero-order valence-electron chi connectivity index (χ0n) is 10.3. The van der Waals surface area contributed by atoms with Gasteiger partial charge in [0.1, 0.15) is 5.82 Å². The van der Waals surface area contributed by atoms with Crippen molar-refractivity contribution in [2.45, 2.75) is 39.3 Å². The molecule has 92 valence electrons.